The van der Waals surface area contributed by atoms with Crippen LogP contribution < -0.4 is 0 Å². The van der Waals surface area contributed by atoms with Gasteiger partial charge in [0.25, 0.3) is 0 Å². The number of carbonyl (C=O) groups is 1. The molecule has 0 bridgehead atoms. The summed E-state index contributed by atoms with van der Waals surface area (Å²) in [5, 5.41) is 0. The molecule has 1 aliphatic rings. The smallest absolute Gasteiger partial charge is 0.237 e. The molecular formula is C11H21ClN2O. The summed E-state index contributed by atoms with van der Waals surface area (Å²) in [4.78, 5) is 15.6. The Morgan fingerprint density at radius 2 is 1.73 bits per heavy atom. The number of hydrogen-bond donors (Lipinski definition) is 0. The van der Waals surface area contributed by atoms with Gasteiger partial charge in [0.15, 0.2) is 0 Å². The van der Waals surface area contributed by atoms with Crippen LogP contribution in [-0.2, 0) is 4.79 Å². The molecule has 1 rings (SSSR count). The molecule has 15 heavy (non-hydrogen) atoms. The summed E-state index contributed by atoms with van der Waals surface area (Å²) in [5.41, 5.74) is 0. The topological polar surface area (TPSA) is 23.6 Å². The summed E-state index contributed by atoms with van der Waals surface area (Å²) in [6.45, 7) is 0. The molecule has 0 aromatic rings. The van der Waals surface area contributed by atoms with Crippen molar-refractivity contribution in [2.24, 2.45) is 0 Å². The summed E-state index contributed by atoms with van der Waals surface area (Å²) >= 11 is 5.59. The third-order valence-electron chi connectivity index (χ3n) is 3.36. The third-order valence-corrected chi connectivity index (χ3v) is 3.59. The molecular weight excluding hydrogens is 212 g/mol. The lowest BCUT2D eigenvalue weighted by atomic mass is 9.88. The monoisotopic (exact) mass is 232 g/mol. The van der Waals surface area contributed by atoms with E-state index in [0.717, 1.165) is 6.42 Å². The van der Waals surface area contributed by atoms with Crippen molar-refractivity contribution >= 4 is 17.5 Å². The number of likely N-dealkylation sites (N-methyl/N-ethyl adjacent to an activating group) is 2. The molecule has 1 fully saturated rings. The van der Waals surface area contributed by atoms with E-state index in [2.05, 4.69) is 19.0 Å². The second-order valence-electron chi connectivity index (χ2n) is 4.52. The molecule has 3 nitrogen and oxygen atoms in total. The molecule has 0 aliphatic heterocycles. The zero-order chi connectivity index (χ0) is 11.4. The van der Waals surface area contributed by atoms with Crippen molar-refractivity contribution in [3.63, 3.8) is 0 Å². The van der Waals surface area contributed by atoms with E-state index in [1.54, 1.807) is 0 Å². The maximum Gasteiger partial charge on any atom is 0.237 e. The van der Waals surface area contributed by atoms with E-state index in [4.69, 9.17) is 11.6 Å². The lowest BCUT2D eigenvalue weighted by Crippen LogP contribution is -2.52. The van der Waals surface area contributed by atoms with E-state index in [0.29, 0.717) is 12.1 Å². The van der Waals surface area contributed by atoms with E-state index in [1.165, 1.54) is 19.3 Å². The highest BCUT2D eigenvalue weighted by Crippen LogP contribution is 2.25. The van der Waals surface area contributed by atoms with E-state index in [9.17, 15) is 4.79 Å². The first kappa shape index (κ1) is 12.8. The van der Waals surface area contributed by atoms with Crippen LogP contribution in [0.25, 0.3) is 0 Å². The van der Waals surface area contributed by atoms with Crippen LogP contribution in [0.1, 0.15) is 25.7 Å². The zero-order valence-electron chi connectivity index (χ0n) is 9.87. The number of hydrogen-bond acceptors (Lipinski definition) is 2. The fraction of sp³-hybridized carbons (Fsp3) is 0.909. The summed E-state index contributed by atoms with van der Waals surface area (Å²) in [6, 6.07) is 0.816. The summed E-state index contributed by atoms with van der Waals surface area (Å²) in [6.07, 6.45) is 4.76. The fourth-order valence-corrected chi connectivity index (χ4v) is 2.61. The normalized spacial score (nSPS) is 26.7. The highest BCUT2D eigenvalue weighted by atomic mass is 35.5. The molecule has 1 aliphatic carbocycles. The second-order valence-corrected chi connectivity index (χ2v) is 4.79. The van der Waals surface area contributed by atoms with Gasteiger partial charge in [-0.25, -0.2) is 0 Å². The Bertz CT molecular complexity index is 221. The van der Waals surface area contributed by atoms with Gasteiger partial charge in [0, 0.05) is 19.1 Å². The largest absolute Gasteiger partial charge is 0.340 e. The molecule has 0 aromatic heterocycles. The van der Waals surface area contributed by atoms with Crippen LogP contribution in [-0.4, -0.2) is 54.8 Å². The number of halogens is 1. The summed E-state index contributed by atoms with van der Waals surface area (Å²) in [7, 11) is 6.04. The fourth-order valence-electron chi connectivity index (χ4n) is 2.43. The first-order chi connectivity index (χ1) is 7.07. The van der Waals surface area contributed by atoms with Gasteiger partial charge in [0.1, 0.15) is 5.88 Å². The maximum absolute atomic E-state index is 11.6. The van der Waals surface area contributed by atoms with Gasteiger partial charge < -0.3 is 9.80 Å². The molecule has 0 aromatic carbocycles. The average molecular weight is 233 g/mol. The highest BCUT2D eigenvalue weighted by Gasteiger charge is 2.31. The Balaban J connectivity index is 2.67. The van der Waals surface area contributed by atoms with Crippen molar-refractivity contribution < 1.29 is 4.79 Å². The van der Waals surface area contributed by atoms with Gasteiger partial charge in [0.05, 0.1) is 0 Å². The van der Waals surface area contributed by atoms with Gasteiger partial charge in [-0.2, -0.15) is 0 Å². The number of nitrogens with zero attached hydrogens (tertiary/aromatic N) is 2. The van der Waals surface area contributed by atoms with Gasteiger partial charge in [-0.15, -0.1) is 11.6 Å². The quantitative estimate of drug-likeness (QED) is 0.690. The first-order valence-electron chi connectivity index (χ1n) is 5.56. The van der Waals surface area contributed by atoms with Crippen molar-refractivity contribution in [3.8, 4) is 0 Å². The van der Waals surface area contributed by atoms with Crippen LogP contribution in [0.2, 0.25) is 0 Å². The van der Waals surface area contributed by atoms with Crippen LogP contribution in [0.5, 0.6) is 0 Å². The van der Waals surface area contributed by atoms with Gasteiger partial charge >= 0.3 is 0 Å². The van der Waals surface area contributed by atoms with E-state index in [-0.39, 0.29) is 11.8 Å². The second kappa shape index (κ2) is 5.71. The minimum absolute atomic E-state index is 0.0374. The molecule has 4 heteroatoms. The van der Waals surface area contributed by atoms with Crippen molar-refractivity contribution in [1.82, 2.24) is 9.80 Å². The van der Waals surface area contributed by atoms with Crippen molar-refractivity contribution in [2.75, 3.05) is 27.0 Å². The SMILES string of the molecule is CN(C)[C@H]1CCCC[C@H]1N(C)C(=O)CCl. The average Bonchev–Trinajstić information content (AvgIpc) is 2.27. The minimum Gasteiger partial charge on any atom is -0.340 e. The molecule has 0 unspecified atom stereocenters. The highest BCUT2D eigenvalue weighted by molar-refractivity contribution is 6.27. The van der Waals surface area contributed by atoms with Gasteiger partial charge in [-0.3, -0.25) is 4.79 Å². The number of amides is 1. The molecule has 0 N–H and O–H groups in total. The van der Waals surface area contributed by atoms with Crippen LogP contribution in [0, 0.1) is 0 Å². The van der Waals surface area contributed by atoms with Gasteiger partial charge in [0.2, 0.25) is 5.91 Å². The number of carbonyl (C=O) groups excluding carboxylic acids is 1. The lowest BCUT2D eigenvalue weighted by Gasteiger charge is -2.41. The Morgan fingerprint density at radius 3 is 2.20 bits per heavy atom. The standard InChI is InChI=1S/C11H21ClN2O/c1-13(2)9-6-4-5-7-10(9)14(3)11(15)8-12/h9-10H,4-8H2,1-3H3/t9-,10+/m0/s1. The number of rotatable bonds is 3. The molecule has 88 valence electrons. The lowest BCUT2D eigenvalue weighted by molar-refractivity contribution is -0.131. The van der Waals surface area contributed by atoms with Crippen LogP contribution >= 0.6 is 11.6 Å². The molecule has 2 atom stereocenters. The Morgan fingerprint density at radius 1 is 1.20 bits per heavy atom. The Kier molecular flexibility index (Phi) is 4.87. The molecule has 1 amide bonds. The maximum atomic E-state index is 11.6. The van der Waals surface area contributed by atoms with E-state index < -0.39 is 0 Å². The third kappa shape index (κ3) is 3.08. The molecule has 0 heterocycles. The molecule has 0 radical (unpaired) electrons. The van der Waals surface area contributed by atoms with E-state index in [1.807, 2.05) is 11.9 Å². The Labute approximate surface area is 97.4 Å². The van der Waals surface area contributed by atoms with Crippen LogP contribution in [0.15, 0.2) is 0 Å². The van der Waals surface area contributed by atoms with Crippen molar-refractivity contribution in [2.45, 2.75) is 37.8 Å². The predicted octanol–water partition coefficient (Wildman–Crippen LogP) is 1.56. The summed E-state index contributed by atoms with van der Waals surface area (Å²) in [5.74, 6) is 0.128. The molecule has 0 saturated heterocycles. The van der Waals surface area contributed by atoms with Gasteiger partial charge in [-0.1, -0.05) is 12.8 Å². The van der Waals surface area contributed by atoms with E-state index >= 15 is 0 Å². The number of alkyl halides is 1. The van der Waals surface area contributed by atoms with Crippen LogP contribution in [0.3, 0.4) is 0 Å². The Hall–Kier alpha value is -0.280. The molecule has 0 spiro atoms. The zero-order valence-corrected chi connectivity index (χ0v) is 10.6. The summed E-state index contributed by atoms with van der Waals surface area (Å²) < 4.78 is 0. The van der Waals surface area contributed by atoms with Crippen LogP contribution in [0.4, 0.5) is 0 Å². The van der Waals surface area contributed by atoms with Crippen molar-refractivity contribution in [3.05, 3.63) is 0 Å². The van der Waals surface area contributed by atoms with Gasteiger partial charge in [-0.05, 0) is 26.9 Å². The predicted molar refractivity (Wildman–Crippen MR) is 63.2 cm³/mol. The molecule has 1 saturated carbocycles. The minimum atomic E-state index is 0.0374. The first-order valence-corrected chi connectivity index (χ1v) is 6.09. The van der Waals surface area contributed by atoms with Crippen molar-refractivity contribution in [1.29, 1.82) is 0 Å².